The number of nitrogens with one attached hydrogen (secondary N) is 1. The number of alkyl halides is 3. The Morgan fingerprint density at radius 2 is 1.80 bits per heavy atom. The molecule has 0 saturated carbocycles. The van der Waals surface area contributed by atoms with Crippen LogP contribution in [0.25, 0.3) is 0 Å². The molecule has 0 aliphatic heterocycles. The summed E-state index contributed by atoms with van der Waals surface area (Å²) in [4.78, 5) is 10.4. The van der Waals surface area contributed by atoms with E-state index >= 15 is 0 Å². The molecule has 0 rings (SSSR count). The lowest BCUT2D eigenvalue weighted by molar-refractivity contribution is -0.192. The first kappa shape index (κ1) is 14.2. The van der Waals surface area contributed by atoms with Gasteiger partial charge >= 0.3 is 12.1 Å². The minimum Gasteiger partial charge on any atom is -0.481 e. The Labute approximate surface area is 86.7 Å². The van der Waals surface area contributed by atoms with Gasteiger partial charge in [-0.15, -0.1) is 0 Å². The van der Waals surface area contributed by atoms with Crippen LogP contribution in [0.2, 0.25) is 0 Å². The van der Waals surface area contributed by atoms with Gasteiger partial charge in [-0.1, -0.05) is 13.8 Å². The number of hydrogen-bond acceptors (Lipinski definition) is 2. The molecule has 0 heterocycles. The van der Waals surface area contributed by atoms with E-state index in [9.17, 15) is 18.0 Å². The van der Waals surface area contributed by atoms with Gasteiger partial charge in [0.05, 0.1) is 0 Å². The summed E-state index contributed by atoms with van der Waals surface area (Å²) in [6.07, 6.45) is -3.33. The van der Waals surface area contributed by atoms with Crippen molar-refractivity contribution in [3.63, 3.8) is 0 Å². The molecular formula is C9H16F3NO2. The minimum atomic E-state index is -4.69. The molecule has 0 aliphatic carbocycles. The first-order chi connectivity index (χ1) is 6.82. The number of rotatable bonds is 6. The highest BCUT2D eigenvalue weighted by atomic mass is 19.4. The van der Waals surface area contributed by atoms with Crippen LogP contribution in [0, 0.1) is 5.92 Å². The van der Waals surface area contributed by atoms with Crippen molar-refractivity contribution in [2.75, 3.05) is 6.54 Å². The highest BCUT2D eigenvalue weighted by Crippen LogP contribution is 2.26. The lowest BCUT2D eigenvalue weighted by Gasteiger charge is -2.20. The number of aliphatic carboxylic acids is 1. The third-order valence-corrected chi connectivity index (χ3v) is 2.29. The molecule has 0 aromatic carbocycles. The zero-order chi connectivity index (χ0) is 12.1. The second-order valence-corrected chi connectivity index (χ2v) is 3.35. The topological polar surface area (TPSA) is 49.3 Å². The lowest BCUT2D eigenvalue weighted by Crippen LogP contribution is -2.42. The zero-order valence-electron chi connectivity index (χ0n) is 8.77. The Morgan fingerprint density at radius 1 is 1.33 bits per heavy atom. The van der Waals surface area contributed by atoms with Gasteiger partial charge in [0, 0.05) is 12.6 Å². The standard InChI is InChI=1S/C9H16F3NO2/c1-3-6(4-2)13-5-7(8(14)15)9(10,11)12/h6-7,13H,3-5H2,1-2H3,(H,14,15). The van der Waals surface area contributed by atoms with Crippen LogP contribution in [0.1, 0.15) is 26.7 Å². The van der Waals surface area contributed by atoms with E-state index in [-0.39, 0.29) is 6.04 Å². The summed E-state index contributed by atoms with van der Waals surface area (Å²) in [5.41, 5.74) is 0. The molecule has 0 radical (unpaired) electrons. The van der Waals surface area contributed by atoms with E-state index in [4.69, 9.17) is 5.11 Å². The largest absolute Gasteiger partial charge is 0.481 e. The molecule has 0 aromatic rings. The van der Waals surface area contributed by atoms with Gasteiger partial charge < -0.3 is 10.4 Å². The third-order valence-electron chi connectivity index (χ3n) is 2.29. The molecule has 90 valence electrons. The molecule has 0 fully saturated rings. The Morgan fingerprint density at radius 3 is 2.07 bits per heavy atom. The molecule has 0 bridgehead atoms. The highest BCUT2D eigenvalue weighted by molar-refractivity contribution is 5.71. The van der Waals surface area contributed by atoms with Gasteiger partial charge in [-0.05, 0) is 12.8 Å². The number of hydrogen-bond donors (Lipinski definition) is 2. The fraction of sp³-hybridized carbons (Fsp3) is 0.889. The molecule has 0 amide bonds. The van der Waals surface area contributed by atoms with Crippen molar-refractivity contribution in [2.45, 2.75) is 38.9 Å². The van der Waals surface area contributed by atoms with Crippen molar-refractivity contribution >= 4 is 5.97 Å². The van der Waals surface area contributed by atoms with Gasteiger partial charge in [-0.2, -0.15) is 13.2 Å². The van der Waals surface area contributed by atoms with Gasteiger partial charge in [0.25, 0.3) is 0 Å². The van der Waals surface area contributed by atoms with Gasteiger partial charge in [0.1, 0.15) is 0 Å². The number of carboxylic acid groups (broad SMARTS) is 1. The summed E-state index contributed by atoms with van der Waals surface area (Å²) in [5.74, 6) is -4.15. The molecule has 0 aromatic heterocycles. The van der Waals surface area contributed by atoms with Crippen LogP contribution < -0.4 is 5.32 Å². The maximum atomic E-state index is 12.2. The Hall–Kier alpha value is -0.780. The van der Waals surface area contributed by atoms with E-state index in [1.807, 2.05) is 13.8 Å². The fourth-order valence-electron chi connectivity index (χ4n) is 1.20. The Balaban J connectivity index is 4.26. The van der Waals surface area contributed by atoms with Crippen molar-refractivity contribution in [2.24, 2.45) is 5.92 Å². The average molecular weight is 227 g/mol. The van der Waals surface area contributed by atoms with Gasteiger partial charge in [0.2, 0.25) is 0 Å². The molecule has 6 heteroatoms. The van der Waals surface area contributed by atoms with Crippen LogP contribution in [0.4, 0.5) is 13.2 Å². The van der Waals surface area contributed by atoms with E-state index in [1.165, 1.54) is 0 Å². The van der Waals surface area contributed by atoms with Crippen molar-refractivity contribution < 1.29 is 23.1 Å². The number of halogens is 3. The summed E-state index contributed by atoms with van der Waals surface area (Å²) in [6.45, 7) is 3.11. The van der Waals surface area contributed by atoms with Crippen LogP contribution in [0.5, 0.6) is 0 Å². The Bertz CT molecular complexity index is 202. The monoisotopic (exact) mass is 227 g/mol. The van der Waals surface area contributed by atoms with E-state index in [0.717, 1.165) is 0 Å². The first-order valence-electron chi connectivity index (χ1n) is 4.85. The predicted molar refractivity (Wildman–Crippen MR) is 49.6 cm³/mol. The average Bonchev–Trinajstić information content (AvgIpc) is 2.09. The highest BCUT2D eigenvalue weighted by Gasteiger charge is 2.44. The molecule has 3 nitrogen and oxygen atoms in total. The normalized spacial score (nSPS) is 14.3. The molecule has 0 saturated heterocycles. The summed E-state index contributed by atoms with van der Waals surface area (Å²) in [6, 6.07) is -0.0609. The van der Waals surface area contributed by atoms with E-state index in [1.54, 1.807) is 0 Å². The van der Waals surface area contributed by atoms with E-state index in [0.29, 0.717) is 12.8 Å². The van der Waals surface area contributed by atoms with Crippen LogP contribution in [-0.4, -0.2) is 29.8 Å². The van der Waals surface area contributed by atoms with Crippen LogP contribution >= 0.6 is 0 Å². The van der Waals surface area contributed by atoms with E-state index in [2.05, 4.69) is 5.32 Å². The molecular weight excluding hydrogens is 211 g/mol. The lowest BCUT2D eigenvalue weighted by atomic mass is 10.1. The van der Waals surface area contributed by atoms with Crippen LogP contribution in [0.15, 0.2) is 0 Å². The predicted octanol–water partition coefficient (Wildman–Crippen LogP) is 2.03. The summed E-state index contributed by atoms with van der Waals surface area (Å²) in [7, 11) is 0. The third kappa shape index (κ3) is 5.01. The SMILES string of the molecule is CCC(CC)NCC(C(=O)O)C(F)(F)F. The van der Waals surface area contributed by atoms with Gasteiger partial charge in [0.15, 0.2) is 5.92 Å². The molecule has 15 heavy (non-hydrogen) atoms. The molecule has 0 spiro atoms. The zero-order valence-corrected chi connectivity index (χ0v) is 8.77. The van der Waals surface area contributed by atoms with Gasteiger partial charge in [-0.3, -0.25) is 4.79 Å². The van der Waals surface area contributed by atoms with E-state index < -0.39 is 24.6 Å². The van der Waals surface area contributed by atoms with Crippen LogP contribution in [-0.2, 0) is 4.79 Å². The second kappa shape index (κ2) is 5.95. The van der Waals surface area contributed by atoms with Crippen molar-refractivity contribution in [3.05, 3.63) is 0 Å². The summed E-state index contributed by atoms with van der Waals surface area (Å²) in [5, 5.41) is 11.0. The van der Waals surface area contributed by atoms with Crippen molar-refractivity contribution in [1.82, 2.24) is 5.32 Å². The first-order valence-corrected chi connectivity index (χ1v) is 4.85. The maximum absolute atomic E-state index is 12.2. The maximum Gasteiger partial charge on any atom is 0.403 e. The summed E-state index contributed by atoms with van der Waals surface area (Å²) >= 11 is 0. The Kier molecular flexibility index (Phi) is 5.64. The smallest absolute Gasteiger partial charge is 0.403 e. The fourth-order valence-corrected chi connectivity index (χ4v) is 1.20. The molecule has 2 N–H and O–H groups in total. The summed E-state index contributed by atoms with van der Waals surface area (Å²) < 4.78 is 36.6. The number of carboxylic acids is 1. The molecule has 1 atom stereocenters. The minimum absolute atomic E-state index is 0.0609. The molecule has 0 aliphatic rings. The van der Waals surface area contributed by atoms with Crippen molar-refractivity contribution in [3.8, 4) is 0 Å². The molecule has 1 unspecified atom stereocenters. The second-order valence-electron chi connectivity index (χ2n) is 3.35. The van der Waals surface area contributed by atoms with Gasteiger partial charge in [-0.25, -0.2) is 0 Å². The van der Waals surface area contributed by atoms with Crippen molar-refractivity contribution in [1.29, 1.82) is 0 Å². The number of carbonyl (C=O) groups is 1. The quantitative estimate of drug-likeness (QED) is 0.730. The van der Waals surface area contributed by atoms with Crippen LogP contribution in [0.3, 0.4) is 0 Å².